The van der Waals surface area contributed by atoms with Crippen molar-refractivity contribution in [1.82, 2.24) is 9.80 Å². The molecular formula is C34H38F6N2O5. The van der Waals surface area contributed by atoms with E-state index >= 15 is 0 Å². The molecular weight excluding hydrogens is 630 g/mol. The smallest absolute Gasteiger partial charge is 0.416 e. The second-order valence-electron chi connectivity index (χ2n) is 13.4. The highest BCUT2D eigenvalue weighted by atomic mass is 19.4. The number of hydrogen-bond acceptors (Lipinski definition) is 5. The second kappa shape index (κ2) is 12.7. The summed E-state index contributed by atoms with van der Waals surface area (Å²) in [5.74, 6) is -0.267. The predicted molar refractivity (Wildman–Crippen MR) is 160 cm³/mol. The van der Waals surface area contributed by atoms with Gasteiger partial charge in [-0.05, 0) is 104 Å². The third-order valence-electron chi connectivity index (χ3n) is 9.49. The third kappa shape index (κ3) is 7.39. The molecule has 1 amide bonds. The summed E-state index contributed by atoms with van der Waals surface area (Å²) in [4.78, 5) is 28.3. The van der Waals surface area contributed by atoms with Gasteiger partial charge in [0.2, 0.25) is 0 Å². The molecule has 0 saturated carbocycles. The number of alkyl halides is 6. The molecule has 2 aromatic rings. The van der Waals surface area contributed by atoms with E-state index in [0.717, 1.165) is 35.1 Å². The largest absolute Gasteiger partial charge is 0.496 e. The number of hydrogen-bond donors (Lipinski definition) is 1. The Morgan fingerprint density at radius 2 is 1.70 bits per heavy atom. The van der Waals surface area contributed by atoms with Gasteiger partial charge in [-0.1, -0.05) is 19.9 Å². The fraction of sp³-hybridized carbons (Fsp3) is 0.529. The Balaban J connectivity index is 1.49. The van der Waals surface area contributed by atoms with Gasteiger partial charge in [0.15, 0.2) is 0 Å². The molecule has 1 aliphatic carbocycles. The van der Waals surface area contributed by atoms with E-state index in [9.17, 15) is 41.0 Å². The molecule has 2 heterocycles. The zero-order chi connectivity index (χ0) is 34.5. The van der Waals surface area contributed by atoms with Gasteiger partial charge in [0.25, 0.3) is 0 Å². The first-order valence-electron chi connectivity index (χ1n) is 15.5. The van der Waals surface area contributed by atoms with Gasteiger partial charge in [-0.15, -0.1) is 0 Å². The van der Waals surface area contributed by atoms with Gasteiger partial charge < -0.3 is 14.6 Å². The number of methoxy groups -OCH3 is 1. The molecule has 47 heavy (non-hydrogen) atoms. The van der Waals surface area contributed by atoms with E-state index in [0.29, 0.717) is 50.2 Å². The molecule has 2 saturated heterocycles. The van der Waals surface area contributed by atoms with Crippen molar-refractivity contribution in [2.24, 2.45) is 5.41 Å². The molecule has 0 spiro atoms. The number of cyclic esters (lactones) is 1. The van der Waals surface area contributed by atoms with Gasteiger partial charge >= 0.3 is 24.4 Å². The van der Waals surface area contributed by atoms with Crippen molar-refractivity contribution >= 4 is 17.6 Å². The number of benzene rings is 2. The fourth-order valence-electron chi connectivity index (χ4n) is 7.02. The van der Waals surface area contributed by atoms with Crippen LogP contribution in [0.2, 0.25) is 0 Å². The number of ether oxygens (including phenoxy) is 2. The van der Waals surface area contributed by atoms with E-state index in [4.69, 9.17) is 9.47 Å². The summed E-state index contributed by atoms with van der Waals surface area (Å²) in [5, 5.41) is 9.64. The number of halogens is 6. The number of carboxylic acid groups (broad SMARTS) is 1. The Labute approximate surface area is 269 Å². The molecule has 13 heteroatoms. The monoisotopic (exact) mass is 668 g/mol. The van der Waals surface area contributed by atoms with Crippen LogP contribution in [-0.4, -0.2) is 59.3 Å². The van der Waals surface area contributed by atoms with Crippen molar-refractivity contribution < 1.29 is 50.5 Å². The summed E-state index contributed by atoms with van der Waals surface area (Å²) in [5.41, 5.74) is 0.0208. The summed E-state index contributed by atoms with van der Waals surface area (Å²) >= 11 is 0. The number of nitrogens with zero attached hydrogens (tertiary/aromatic N) is 2. The molecule has 256 valence electrons. The minimum Gasteiger partial charge on any atom is -0.496 e. The molecule has 1 N–H and O–H groups in total. The van der Waals surface area contributed by atoms with Crippen LogP contribution in [-0.2, 0) is 28.4 Å². The number of likely N-dealkylation sites (tertiary alicyclic amines) is 1. The summed E-state index contributed by atoms with van der Waals surface area (Å²) < 4.78 is 92.7. The first kappa shape index (κ1) is 34.6. The lowest BCUT2D eigenvalue weighted by atomic mass is 9.72. The fourth-order valence-corrected chi connectivity index (χ4v) is 7.02. The van der Waals surface area contributed by atoms with E-state index in [2.05, 4.69) is 13.8 Å². The van der Waals surface area contributed by atoms with Crippen molar-refractivity contribution in [2.75, 3.05) is 20.2 Å². The summed E-state index contributed by atoms with van der Waals surface area (Å²) in [6, 6.07) is 5.51. The van der Waals surface area contributed by atoms with Gasteiger partial charge in [-0.2, -0.15) is 26.3 Å². The first-order valence-corrected chi connectivity index (χ1v) is 15.5. The van der Waals surface area contributed by atoms with Crippen LogP contribution in [0.1, 0.15) is 86.8 Å². The van der Waals surface area contributed by atoms with Gasteiger partial charge in [0.05, 0.1) is 24.3 Å². The minimum absolute atomic E-state index is 0.0525. The van der Waals surface area contributed by atoms with Crippen LogP contribution in [0, 0.1) is 5.41 Å². The second-order valence-corrected chi connectivity index (χ2v) is 13.4. The number of carbonyl (C=O) groups excluding carboxylic acids is 1. The van der Waals surface area contributed by atoms with E-state index in [1.54, 1.807) is 14.0 Å². The lowest BCUT2D eigenvalue weighted by Crippen LogP contribution is -2.36. The van der Waals surface area contributed by atoms with Crippen molar-refractivity contribution in [3.63, 3.8) is 0 Å². The van der Waals surface area contributed by atoms with Crippen LogP contribution in [0.15, 0.2) is 42.0 Å². The first-order chi connectivity index (χ1) is 21.9. The van der Waals surface area contributed by atoms with Crippen LogP contribution < -0.4 is 4.74 Å². The Kier molecular flexibility index (Phi) is 9.35. The Bertz CT molecular complexity index is 1530. The summed E-state index contributed by atoms with van der Waals surface area (Å²) in [6.07, 6.45) is -8.87. The van der Waals surface area contributed by atoms with E-state index in [1.165, 1.54) is 4.90 Å². The van der Waals surface area contributed by atoms with Gasteiger partial charge in [-0.3, -0.25) is 14.6 Å². The SMILES string of the molecule is COc1ccc(CN2CCCC2C(=O)O)cc1C1=C(CN2C(=O)O[C@H](c3cc(C(F)(F)F)cc(C(F)(F)F)c3)[C@@H]2C)CC(C)(C)CC1. The van der Waals surface area contributed by atoms with Crippen molar-refractivity contribution in [2.45, 2.75) is 90.0 Å². The zero-order valence-electron chi connectivity index (χ0n) is 26.6. The molecule has 2 fully saturated rings. The lowest BCUT2D eigenvalue weighted by Gasteiger charge is -2.36. The molecule has 0 aromatic heterocycles. The normalized spacial score (nSPS) is 23.7. The van der Waals surface area contributed by atoms with E-state index in [1.807, 2.05) is 23.1 Å². The molecule has 3 aliphatic rings. The maximum absolute atomic E-state index is 13.6. The molecule has 7 nitrogen and oxygen atoms in total. The molecule has 0 radical (unpaired) electrons. The van der Waals surface area contributed by atoms with Crippen molar-refractivity contribution in [3.8, 4) is 5.75 Å². The van der Waals surface area contributed by atoms with E-state index < -0.39 is 53.7 Å². The zero-order valence-corrected chi connectivity index (χ0v) is 26.6. The van der Waals surface area contributed by atoms with Gasteiger partial charge in [0, 0.05) is 18.7 Å². The number of carboxylic acids is 1. The highest BCUT2D eigenvalue weighted by Gasteiger charge is 2.44. The van der Waals surface area contributed by atoms with Crippen LogP contribution in [0.3, 0.4) is 0 Å². The van der Waals surface area contributed by atoms with Crippen molar-refractivity contribution in [1.29, 1.82) is 0 Å². The number of carbonyl (C=O) groups is 2. The number of rotatable bonds is 8. The van der Waals surface area contributed by atoms with Crippen LogP contribution >= 0.6 is 0 Å². The molecule has 0 bridgehead atoms. The average Bonchev–Trinajstić information content (AvgIpc) is 3.55. The van der Waals surface area contributed by atoms with Gasteiger partial charge in [0.1, 0.15) is 17.9 Å². The van der Waals surface area contributed by atoms with Crippen LogP contribution in [0.5, 0.6) is 5.75 Å². The highest BCUT2D eigenvalue weighted by Crippen LogP contribution is 2.47. The lowest BCUT2D eigenvalue weighted by molar-refractivity contribution is -0.144. The Morgan fingerprint density at radius 3 is 2.30 bits per heavy atom. The maximum Gasteiger partial charge on any atom is 0.416 e. The summed E-state index contributed by atoms with van der Waals surface area (Å²) in [7, 11) is 1.54. The maximum atomic E-state index is 13.6. The average molecular weight is 669 g/mol. The van der Waals surface area contributed by atoms with Crippen molar-refractivity contribution in [3.05, 3.63) is 69.8 Å². The molecule has 2 aliphatic heterocycles. The Morgan fingerprint density at radius 1 is 1.04 bits per heavy atom. The number of amides is 1. The van der Waals surface area contributed by atoms with E-state index in [-0.39, 0.29) is 23.6 Å². The Hall–Kier alpha value is -3.74. The topological polar surface area (TPSA) is 79.3 Å². The third-order valence-corrected chi connectivity index (χ3v) is 9.49. The quantitative estimate of drug-likeness (QED) is 0.285. The molecule has 3 atom stereocenters. The standard InChI is InChI=1S/C34H38F6N2O5/c1-19-29(21-13-23(33(35,36)37)15-24(14-21)34(38,39)40)47-31(45)42(19)18-22-16-32(2,3)10-9-25(22)26-12-20(7-8-28(26)46-4)17-41-11-5-6-27(41)30(43)44/h7-8,12-15,19,27,29H,5-6,9-11,16-18H2,1-4H3,(H,43,44)/t19-,27?,29-/m0/s1. The minimum atomic E-state index is -5.04. The van der Waals surface area contributed by atoms with Gasteiger partial charge in [-0.25, -0.2) is 4.79 Å². The number of allylic oxidation sites excluding steroid dienone is 1. The predicted octanol–water partition coefficient (Wildman–Crippen LogP) is 8.33. The summed E-state index contributed by atoms with van der Waals surface area (Å²) in [6.45, 7) is 6.87. The highest BCUT2D eigenvalue weighted by molar-refractivity contribution is 5.77. The molecule has 2 aromatic carbocycles. The van der Waals surface area contributed by atoms with Crippen LogP contribution in [0.25, 0.3) is 5.57 Å². The number of aliphatic carboxylic acids is 1. The molecule has 5 rings (SSSR count). The van der Waals surface area contributed by atoms with Crippen LogP contribution in [0.4, 0.5) is 31.1 Å². The molecule has 1 unspecified atom stereocenters.